The standard InChI is InChI=1S/C20H22N10O4S2/c21-13-8-25-7-12(13)11-6-14(35(23,31)32)19(36(24,33)34)17(20-27-29-30-28-20)16(11)10-3-1-2-9-4-5-15(22)26-18(9)10/h1-6,12-13,25H,7-8,21H2,(H2,22,26)(H2,23,31,32)(H2,24,33,34)(H,27,28,29,30)/t12-,13+/m0/s1. The zero-order chi connectivity index (χ0) is 25.8. The first-order valence-electron chi connectivity index (χ1n) is 10.6. The summed E-state index contributed by atoms with van der Waals surface area (Å²) in [7, 11) is -9.28. The van der Waals surface area contributed by atoms with Gasteiger partial charge in [0.2, 0.25) is 25.9 Å². The van der Waals surface area contributed by atoms with Crippen LogP contribution < -0.4 is 27.1 Å². The van der Waals surface area contributed by atoms with Gasteiger partial charge in [-0.3, -0.25) is 0 Å². The number of nitrogens with zero attached hydrogens (tertiary/aromatic N) is 4. The molecule has 0 spiro atoms. The van der Waals surface area contributed by atoms with Gasteiger partial charge in [0.05, 0.1) is 11.1 Å². The maximum Gasteiger partial charge on any atom is 0.240 e. The second-order valence-corrected chi connectivity index (χ2v) is 11.4. The molecule has 2 aromatic heterocycles. The molecule has 0 bridgehead atoms. The number of rotatable bonds is 5. The Morgan fingerprint density at radius 2 is 1.75 bits per heavy atom. The predicted molar refractivity (Wildman–Crippen MR) is 131 cm³/mol. The van der Waals surface area contributed by atoms with E-state index in [1.807, 2.05) is 0 Å². The highest BCUT2D eigenvalue weighted by Crippen LogP contribution is 2.46. The number of fused-ring (bicyclic) bond motifs is 1. The number of primary sulfonamides is 2. The monoisotopic (exact) mass is 530 g/mol. The van der Waals surface area contributed by atoms with Crippen LogP contribution in [0.1, 0.15) is 11.5 Å². The molecule has 0 radical (unpaired) electrons. The number of pyridine rings is 1. The molecule has 0 unspecified atom stereocenters. The number of para-hydroxylation sites is 1. The van der Waals surface area contributed by atoms with Crippen LogP contribution in [0.3, 0.4) is 0 Å². The molecule has 2 aromatic carbocycles. The van der Waals surface area contributed by atoms with Crippen LogP contribution in [0.15, 0.2) is 46.2 Å². The van der Waals surface area contributed by atoms with Gasteiger partial charge in [0.1, 0.15) is 15.6 Å². The fraction of sp³-hybridized carbons (Fsp3) is 0.200. The van der Waals surface area contributed by atoms with Crippen molar-refractivity contribution in [2.24, 2.45) is 16.0 Å². The second kappa shape index (κ2) is 8.54. The predicted octanol–water partition coefficient (Wildman–Crippen LogP) is -1.03. The van der Waals surface area contributed by atoms with E-state index in [-0.39, 0.29) is 22.8 Å². The minimum absolute atomic E-state index is 0.191. The average molecular weight is 531 g/mol. The van der Waals surface area contributed by atoms with Crippen molar-refractivity contribution < 1.29 is 16.8 Å². The molecule has 0 aliphatic carbocycles. The van der Waals surface area contributed by atoms with Crippen LogP contribution in [0.2, 0.25) is 0 Å². The van der Waals surface area contributed by atoms with E-state index in [9.17, 15) is 16.8 Å². The van der Waals surface area contributed by atoms with Crippen molar-refractivity contribution >= 4 is 36.8 Å². The molecule has 1 saturated heterocycles. The second-order valence-electron chi connectivity index (χ2n) is 8.41. The minimum Gasteiger partial charge on any atom is -0.384 e. The highest BCUT2D eigenvalue weighted by molar-refractivity contribution is 7.92. The van der Waals surface area contributed by atoms with Crippen LogP contribution in [-0.4, -0.2) is 61.6 Å². The smallest absolute Gasteiger partial charge is 0.240 e. The van der Waals surface area contributed by atoms with Gasteiger partial charge >= 0.3 is 0 Å². The van der Waals surface area contributed by atoms with Gasteiger partial charge in [-0.2, -0.15) is 5.21 Å². The van der Waals surface area contributed by atoms with Crippen molar-refractivity contribution in [3.63, 3.8) is 0 Å². The van der Waals surface area contributed by atoms with E-state index < -0.39 is 41.8 Å². The quantitative estimate of drug-likeness (QED) is 0.182. The maximum atomic E-state index is 12.9. The number of anilines is 1. The number of sulfonamides is 2. The fourth-order valence-corrected chi connectivity index (χ4v) is 6.79. The van der Waals surface area contributed by atoms with Crippen LogP contribution in [0.5, 0.6) is 0 Å². The van der Waals surface area contributed by atoms with E-state index in [1.165, 1.54) is 6.07 Å². The highest BCUT2D eigenvalue weighted by Gasteiger charge is 2.37. The zero-order valence-corrected chi connectivity index (χ0v) is 20.2. The molecule has 1 aliphatic rings. The Labute approximate surface area is 205 Å². The SMILES string of the molecule is Nc1ccc2cccc(-c3c([C@@H]4CNC[C@H]4N)cc(S(N)(=O)=O)c(S(N)(=O)=O)c3-c3nn[nH]n3)c2n1. The van der Waals surface area contributed by atoms with Crippen molar-refractivity contribution in [2.75, 3.05) is 18.8 Å². The fourth-order valence-electron chi connectivity index (χ4n) is 4.62. The Balaban J connectivity index is 2.07. The van der Waals surface area contributed by atoms with Crippen LogP contribution in [0.4, 0.5) is 5.82 Å². The van der Waals surface area contributed by atoms with E-state index in [0.29, 0.717) is 35.1 Å². The molecule has 0 saturated carbocycles. The summed E-state index contributed by atoms with van der Waals surface area (Å²) < 4.78 is 51.2. The summed E-state index contributed by atoms with van der Waals surface area (Å²) in [6.07, 6.45) is 0. The molecule has 1 fully saturated rings. The lowest BCUT2D eigenvalue weighted by Gasteiger charge is -2.24. The molecule has 36 heavy (non-hydrogen) atoms. The summed E-state index contributed by atoms with van der Waals surface area (Å²) in [5.41, 5.74) is 13.7. The minimum atomic E-state index is -4.69. The molecule has 4 aromatic rings. The highest BCUT2D eigenvalue weighted by atomic mass is 32.2. The van der Waals surface area contributed by atoms with E-state index in [2.05, 4.69) is 30.9 Å². The molecule has 14 nitrogen and oxygen atoms in total. The summed E-state index contributed by atoms with van der Waals surface area (Å²) in [5, 5.41) is 28.7. The molecular weight excluding hydrogens is 508 g/mol. The molecule has 188 valence electrons. The molecular formula is C20H22N10O4S2. The number of benzene rings is 2. The van der Waals surface area contributed by atoms with Gasteiger partial charge in [-0.05, 0) is 29.0 Å². The van der Waals surface area contributed by atoms with Gasteiger partial charge in [-0.25, -0.2) is 32.1 Å². The van der Waals surface area contributed by atoms with Gasteiger partial charge in [-0.15, -0.1) is 10.2 Å². The number of hydrogen-bond acceptors (Lipinski definition) is 11. The van der Waals surface area contributed by atoms with Crippen LogP contribution >= 0.6 is 0 Å². The van der Waals surface area contributed by atoms with Gasteiger partial charge < -0.3 is 16.8 Å². The lowest BCUT2D eigenvalue weighted by Crippen LogP contribution is -2.29. The molecule has 16 heteroatoms. The van der Waals surface area contributed by atoms with Crippen LogP contribution in [0.25, 0.3) is 33.4 Å². The first-order chi connectivity index (χ1) is 17.0. The number of nitrogen functional groups attached to an aromatic ring is 1. The van der Waals surface area contributed by atoms with Crippen molar-refractivity contribution in [3.05, 3.63) is 42.0 Å². The van der Waals surface area contributed by atoms with E-state index in [1.54, 1.807) is 30.3 Å². The number of hydrogen-bond donors (Lipinski definition) is 6. The number of nitrogens with two attached hydrogens (primary N) is 4. The third-order valence-corrected chi connectivity index (χ3v) is 8.17. The van der Waals surface area contributed by atoms with Crippen LogP contribution in [-0.2, 0) is 20.0 Å². The number of aromatic nitrogens is 5. The number of aromatic amines is 1. The molecule has 1 aliphatic heterocycles. The van der Waals surface area contributed by atoms with Crippen molar-refractivity contribution in [2.45, 2.75) is 21.8 Å². The Hall–Kier alpha value is -3.54. The first-order valence-corrected chi connectivity index (χ1v) is 13.7. The van der Waals surface area contributed by atoms with Crippen molar-refractivity contribution in [1.82, 2.24) is 30.9 Å². The van der Waals surface area contributed by atoms with E-state index in [0.717, 1.165) is 0 Å². The van der Waals surface area contributed by atoms with Gasteiger partial charge in [0, 0.05) is 41.6 Å². The Morgan fingerprint density at radius 3 is 2.36 bits per heavy atom. The number of nitrogens with one attached hydrogen (secondary N) is 2. The lowest BCUT2D eigenvalue weighted by molar-refractivity contribution is 0.583. The summed E-state index contributed by atoms with van der Waals surface area (Å²) >= 11 is 0. The lowest BCUT2D eigenvalue weighted by atomic mass is 9.84. The molecule has 3 heterocycles. The first kappa shape index (κ1) is 24.2. The van der Waals surface area contributed by atoms with Gasteiger partial charge in [0.25, 0.3) is 0 Å². The molecule has 10 N–H and O–H groups in total. The average Bonchev–Trinajstić information content (AvgIpc) is 3.48. The normalized spacial score (nSPS) is 18.6. The summed E-state index contributed by atoms with van der Waals surface area (Å²) in [5.74, 6) is -0.414. The molecule has 0 amide bonds. The topological polar surface area (TPSA) is 252 Å². The summed E-state index contributed by atoms with van der Waals surface area (Å²) in [6, 6.07) is 9.42. The van der Waals surface area contributed by atoms with E-state index in [4.69, 9.17) is 21.7 Å². The summed E-state index contributed by atoms with van der Waals surface area (Å²) in [4.78, 5) is 3.01. The molecule has 5 rings (SSSR count). The van der Waals surface area contributed by atoms with Gasteiger partial charge in [0.15, 0.2) is 0 Å². The largest absolute Gasteiger partial charge is 0.384 e. The maximum absolute atomic E-state index is 12.9. The van der Waals surface area contributed by atoms with E-state index >= 15 is 0 Å². The summed E-state index contributed by atoms with van der Waals surface area (Å²) in [6.45, 7) is 0.836. The zero-order valence-electron chi connectivity index (χ0n) is 18.6. The third-order valence-electron chi connectivity index (χ3n) is 6.11. The Kier molecular flexibility index (Phi) is 5.73. The molecule has 2 atom stereocenters. The third kappa shape index (κ3) is 4.08. The van der Waals surface area contributed by atoms with Gasteiger partial charge in [-0.1, -0.05) is 18.2 Å². The number of tetrazole rings is 1. The van der Waals surface area contributed by atoms with Crippen LogP contribution in [0, 0.1) is 0 Å². The number of H-pyrrole nitrogens is 1. The Bertz CT molecular complexity index is 1710. The Morgan fingerprint density at radius 1 is 0.972 bits per heavy atom. The van der Waals surface area contributed by atoms with Crippen molar-refractivity contribution in [3.8, 4) is 22.5 Å². The van der Waals surface area contributed by atoms with Crippen molar-refractivity contribution in [1.29, 1.82) is 0 Å².